The molecule has 7 heteroatoms. The molecule has 6 aromatic carbocycles. The van der Waals surface area contributed by atoms with Gasteiger partial charge in [-0.1, -0.05) is 48.5 Å². The van der Waals surface area contributed by atoms with Gasteiger partial charge in [0.05, 0.1) is 5.69 Å². The minimum atomic E-state index is -0.163. The zero-order chi connectivity index (χ0) is 30.4. The lowest BCUT2D eigenvalue weighted by Gasteiger charge is -2.28. The zero-order valence-corrected chi connectivity index (χ0v) is 25.4. The highest BCUT2D eigenvalue weighted by Crippen LogP contribution is 2.39. The molecule has 0 heterocycles. The summed E-state index contributed by atoms with van der Waals surface area (Å²) in [6.45, 7) is 0. The first-order valence-electron chi connectivity index (χ1n) is 14.2. The van der Waals surface area contributed by atoms with E-state index in [1.165, 1.54) is 21.5 Å². The third-order valence-corrected chi connectivity index (χ3v) is 8.39. The number of benzene rings is 6. The van der Waals surface area contributed by atoms with Gasteiger partial charge in [-0.05, 0) is 81.5 Å². The van der Waals surface area contributed by atoms with Crippen LogP contribution in [0.15, 0.2) is 103 Å². The van der Waals surface area contributed by atoms with Crippen LogP contribution in [0.4, 0.5) is 38.0 Å². The van der Waals surface area contributed by atoms with Gasteiger partial charge >= 0.3 is 12.1 Å². The summed E-state index contributed by atoms with van der Waals surface area (Å²) in [5, 5.41) is 6.97. The van der Waals surface area contributed by atoms with E-state index in [2.05, 4.69) is 48.5 Å². The van der Waals surface area contributed by atoms with Gasteiger partial charge in [-0.25, -0.2) is 9.59 Å². The Bertz CT molecular complexity index is 1930. The van der Waals surface area contributed by atoms with E-state index in [9.17, 15) is 9.59 Å². The number of hydrogen-bond donors (Lipinski definition) is 0. The summed E-state index contributed by atoms with van der Waals surface area (Å²) in [6, 6.07) is 33.9. The Morgan fingerprint density at radius 1 is 0.419 bits per heavy atom. The molecule has 0 fully saturated rings. The first-order chi connectivity index (χ1) is 20.7. The summed E-state index contributed by atoms with van der Waals surface area (Å²) in [7, 11) is 11.1. The summed E-state index contributed by atoms with van der Waals surface area (Å²) in [4.78, 5) is 35.5. The molecule has 0 radical (unpaired) electrons. The van der Waals surface area contributed by atoms with Crippen molar-refractivity contribution in [2.75, 3.05) is 66.8 Å². The van der Waals surface area contributed by atoms with Crippen LogP contribution in [0, 0.1) is 0 Å². The van der Waals surface area contributed by atoms with Crippen LogP contribution in [0.5, 0.6) is 0 Å². The van der Waals surface area contributed by atoms with Gasteiger partial charge < -0.3 is 4.90 Å². The molecule has 6 rings (SSSR count). The predicted octanol–water partition coefficient (Wildman–Crippen LogP) is 8.04. The van der Waals surface area contributed by atoms with Crippen molar-refractivity contribution in [1.82, 2.24) is 0 Å². The van der Waals surface area contributed by atoms with Crippen molar-refractivity contribution < 1.29 is 9.59 Å². The van der Waals surface area contributed by atoms with E-state index in [1.54, 1.807) is 40.7 Å². The van der Waals surface area contributed by atoms with Gasteiger partial charge in [-0.2, -0.15) is 0 Å². The quantitative estimate of drug-likeness (QED) is 0.198. The van der Waals surface area contributed by atoms with Crippen LogP contribution in [0.3, 0.4) is 0 Å². The van der Waals surface area contributed by atoms with E-state index < -0.39 is 0 Å². The van der Waals surface area contributed by atoms with Gasteiger partial charge in [-0.15, -0.1) is 0 Å². The highest BCUT2D eigenvalue weighted by Gasteiger charge is 2.22. The first kappa shape index (κ1) is 27.8. The van der Waals surface area contributed by atoms with Gasteiger partial charge in [0.1, 0.15) is 0 Å². The third kappa shape index (κ3) is 4.83. The minimum absolute atomic E-state index is 0.159. The van der Waals surface area contributed by atoms with E-state index in [4.69, 9.17) is 0 Å². The Labute approximate surface area is 252 Å². The molecule has 216 valence electrons. The highest BCUT2D eigenvalue weighted by molar-refractivity contribution is 6.26. The molecule has 6 aromatic rings. The van der Waals surface area contributed by atoms with Crippen molar-refractivity contribution in [3.63, 3.8) is 0 Å². The largest absolute Gasteiger partial charge is 0.378 e. The van der Waals surface area contributed by atoms with E-state index >= 15 is 0 Å². The Hall–Kier alpha value is -5.30. The van der Waals surface area contributed by atoms with Gasteiger partial charge in [0.15, 0.2) is 0 Å². The lowest BCUT2D eigenvalue weighted by atomic mass is 9.93. The van der Waals surface area contributed by atoms with Crippen LogP contribution in [-0.4, -0.2) is 54.3 Å². The van der Waals surface area contributed by atoms with Crippen LogP contribution < -0.4 is 24.5 Å². The maximum atomic E-state index is 13.7. The number of rotatable bonds is 5. The molecular weight excluding hydrogens is 534 g/mol. The maximum absolute atomic E-state index is 13.7. The average Bonchev–Trinajstić information content (AvgIpc) is 3.05. The lowest BCUT2D eigenvalue weighted by Crippen LogP contribution is -2.39. The number of nitrogens with zero attached hydrogens (tertiary/aromatic N) is 5. The molecule has 0 aromatic heterocycles. The molecule has 0 saturated carbocycles. The fraction of sp³-hybridized carbons (Fsp3) is 0.167. The van der Waals surface area contributed by atoms with Crippen molar-refractivity contribution in [2.45, 2.75) is 0 Å². The van der Waals surface area contributed by atoms with Gasteiger partial charge in [0.2, 0.25) is 0 Å². The smallest absolute Gasteiger partial charge is 0.328 e. The fourth-order valence-electron chi connectivity index (χ4n) is 5.77. The third-order valence-electron chi connectivity index (χ3n) is 8.39. The lowest BCUT2D eigenvalue weighted by molar-refractivity contribution is 0.253. The number of urea groups is 2. The Kier molecular flexibility index (Phi) is 7.02. The summed E-state index contributed by atoms with van der Waals surface area (Å²) in [5.41, 5.74) is 4.18. The normalized spacial score (nSPS) is 11.2. The number of hydrogen-bond acceptors (Lipinski definition) is 3. The summed E-state index contributed by atoms with van der Waals surface area (Å²) >= 11 is 0. The Balaban J connectivity index is 1.21. The molecule has 0 N–H and O–H groups in total. The predicted molar refractivity (Wildman–Crippen MR) is 182 cm³/mol. The number of anilines is 5. The highest BCUT2D eigenvalue weighted by atomic mass is 16.2. The summed E-state index contributed by atoms with van der Waals surface area (Å²) < 4.78 is 0. The van der Waals surface area contributed by atoms with Gasteiger partial charge in [-0.3, -0.25) is 19.6 Å². The molecular formula is C36H35N5O2. The molecule has 7 nitrogen and oxygen atoms in total. The van der Waals surface area contributed by atoms with E-state index in [0.717, 1.165) is 39.2 Å². The summed E-state index contributed by atoms with van der Waals surface area (Å²) in [5.74, 6) is 0. The van der Waals surface area contributed by atoms with Gasteiger partial charge in [0, 0.05) is 70.4 Å². The molecule has 0 bridgehead atoms. The Morgan fingerprint density at radius 2 is 0.814 bits per heavy atom. The molecule has 0 aliphatic rings. The zero-order valence-electron chi connectivity index (χ0n) is 25.4. The molecule has 0 aliphatic carbocycles. The second-order valence-corrected chi connectivity index (χ2v) is 11.2. The van der Waals surface area contributed by atoms with Crippen molar-refractivity contribution in [2.24, 2.45) is 0 Å². The van der Waals surface area contributed by atoms with Crippen LogP contribution >= 0.6 is 0 Å². The molecule has 0 spiro atoms. The molecule has 0 saturated heterocycles. The number of carbonyl (C=O) groups is 2. The SMILES string of the molecule is CN(C)c1ccc(N(C)C(=O)N(C)c2ccc(N(C)C(=O)N(C)c3ccc4ccc5cccc6ccc3c4c56)cc2)cc1. The van der Waals surface area contributed by atoms with Crippen molar-refractivity contribution in [3.05, 3.63) is 103 Å². The van der Waals surface area contributed by atoms with Crippen LogP contribution in [0.1, 0.15) is 0 Å². The average molecular weight is 570 g/mol. The van der Waals surface area contributed by atoms with Crippen molar-refractivity contribution >= 4 is 72.8 Å². The monoisotopic (exact) mass is 569 g/mol. The second-order valence-electron chi connectivity index (χ2n) is 11.2. The molecule has 0 unspecified atom stereocenters. The van der Waals surface area contributed by atoms with Gasteiger partial charge in [0.25, 0.3) is 0 Å². The van der Waals surface area contributed by atoms with E-state index in [-0.39, 0.29) is 12.1 Å². The molecule has 4 amide bonds. The van der Waals surface area contributed by atoms with Crippen LogP contribution in [-0.2, 0) is 0 Å². The van der Waals surface area contributed by atoms with E-state index in [0.29, 0.717) is 0 Å². The van der Waals surface area contributed by atoms with E-state index in [1.807, 2.05) is 80.6 Å². The maximum Gasteiger partial charge on any atom is 0.328 e. The fourth-order valence-corrected chi connectivity index (χ4v) is 5.77. The Morgan fingerprint density at radius 3 is 1.30 bits per heavy atom. The van der Waals surface area contributed by atoms with Crippen molar-refractivity contribution in [1.29, 1.82) is 0 Å². The van der Waals surface area contributed by atoms with Crippen molar-refractivity contribution in [3.8, 4) is 0 Å². The number of amides is 4. The standard InChI is InChI=1S/C36H35N5O2/c1-37(2)27-14-16-28(17-15-27)38(3)35(42)39(4)29-18-20-30(21-19-29)40(5)36(43)41(6)32-23-13-26-11-10-24-8-7-9-25-12-22-31(32)34(26)33(24)25/h7-23H,1-6H3. The second kappa shape index (κ2) is 10.8. The molecule has 0 atom stereocenters. The van der Waals surface area contributed by atoms with Crippen LogP contribution in [0.2, 0.25) is 0 Å². The first-order valence-corrected chi connectivity index (χ1v) is 14.2. The summed E-state index contributed by atoms with van der Waals surface area (Å²) in [6.07, 6.45) is 0. The minimum Gasteiger partial charge on any atom is -0.378 e. The topological polar surface area (TPSA) is 50.3 Å². The molecule has 43 heavy (non-hydrogen) atoms. The number of carbonyl (C=O) groups excluding carboxylic acids is 2. The molecule has 0 aliphatic heterocycles. The van der Waals surface area contributed by atoms with Crippen LogP contribution in [0.25, 0.3) is 32.3 Å².